The van der Waals surface area contributed by atoms with E-state index in [4.69, 9.17) is 9.84 Å². The highest BCUT2D eigenvalue weighted by Gasteiger charge is 2.09. The first-order valence-corrected chi connectivity index (χ1v) is 6.80. The van der Waals surface area contributed by atoms with Crippen molar-refractivity contribution < 1.29 is 19.3 Å². The van der Waals surface area contributed by atoms with Gasteiger partial charge in [-0.25, -0.2) is 4.39 Å². The number of aliphatic hydroxyl groups is 2. The van der Waals surface area contributed by atoms with E-state index in [0.29, 0.717) is 25.1 Å². The molecule has 2 N–H and O–H groups in total. The number of methoxy groups -OCH3 is 1. The van der Waals surface area contributed by atoms with Gasteiger partial charge in [-0.2, -0.15) is 0 Å². The molecule has 0 saturated heterocycles. The molecule has 0 amide bonds. The zero-order valence-corrected chi connectivity index (χ0v) is 12.5. The molecule has 0 saturated carbocycles. The van der Waals surface area contributed by atoms with Crippen LogP contribution < -0.4 is 0 Å². The van der Waals surface area contributed by atoms with Gasteiger partial charge >= 0.3 is 0 Å². The van der Waals surface area contributed by atoms with Crippen LogP contribution in [0.5, 0.6) is 0 Å². The van der Waals surface area contributed by atoms with Crippen LogP contribution >= 0.6 is 0 Å². The van der Waals surface area contributed by atoms with Crippen LogP contribution in [0.15, 0.2) is 18.2 Å². The SMILES string of the molecule is COCC(O)CN(C)Cc1ccc(F)c(C#CCCO)c1. The van der Waals surface area contributed by atoms with Gasteiger partial charge in [-0.05, 0) is 24.7 Å². The zero-order valence-electron chi connectivity index (χ0n) is 12.5. The highest BCUT2D eigenvalue weighted by molar-refractivity contribution is 5.38. The molecule has 116 valence electrons. The number of halogens is 1. The van der Waals surface area contributed by atoms with Crippen molar-refractivity contribution in [3.63, 3.8) is 0 Å². The number of nitrogens with zero attached hydrogens (tertiary/aromatic N) is 1. The van der Waals surface area contributed by atoms with Crippen LogP contribution in [0, 0.1) is 17.7 Å². The number of hydrogen-bond donors (Lipinski definition) is 2. The lowest BCUT2D eigenvalue weighted by Gasteiger charge is -2.20. The Morgan fingerprint density at radius 3 is 2.86 bits per heavy atom. The lowest BCUT2D eigenvalue weighted by molar-refractivity contribution is 0.0419. The van der Waals surface area contributed by atoms with Crippen molar-refractivity contribution in [1.82, 2.24) is 4.90 Å². The average molecular weight is 295 g/mol. The normalized spacial score (nSPS) is 12.1. The predicted molar refractivity (Wildman–Crippen MR) is 79.2 cm³/mol. The van der Waals surface area contributed by atoms with E-state index in [0.717, 1.165) is 5.56 Å². The van der Waals surface area contributed by atoms with Gasteiger partial charge in [-0.1, -0.05) is 17.9 Å². The Kier molecular flexibility index (Phi) is 7.95. The van der Waals surface area contributed by atoms with Gasteiger partial charge in [0.05, 0.1) is 24.9 Å². The molecule has 0 heterocycles. The molecule has 21 heavy (non-hydrogen) atoms. The first kappa shape index (κ1) is 17.6. The third-order valence-electron chi connectivity index (χ3n) is 2.82. The minimum Gasteiger partial charge on any atom is -0.395 e. The summed E-state index contributed by atoms with van der Waals surface area (Å²) in [7, 11) is 3.42. The molecule has 0 aromatic heterocycles. The quantitative estimate of drug-likeness (QED) is 0.737. The van der Waals surface area contributed by atoms with Gasteiger partial charge in [0.25, 0.3) is 0 Å². The Bertz CT molecular complexity index is 496. The Labute approximate surface area is 125 Å². The van der Waals surface area contributed by atoms with E-state index < -0.39 is 6.10 Å². The molecule has 0 spiro atoms. The van der Waals surface area contributed by atoms with Gasteiger partial charge in [0, 0.05) is 26.6 Å². The number of ether oxygens (including phenoxy) is 1. The third kappa shape index (κ3) is 6.69. The summed E-state index contributed by atoms with van der Waals surface area (Å²) >= 11 is 0. The van der Waals surface area contributed by atoms with Crippen molar-refractivity contribution in [2.24, 2.45) is 0 Å². The molecule has 1 aromatic carbocycles. The highest BCUT2D eigenvalue weighted by atomic mass is 19.1. The van der Waals surface area contributed by atoms with Gasteiger partial charge in [-0.3, -0.25) is 4.90 Å². The summed E-state index contributed by atoms with van der Waals surface area (Å²) in [6.07, 6.45) is -0.225. The number of hydrogen-bond acceptors (Lipinski definition) is 4. The highest BCUT2D eigenvalue weighted by Crippen LogP contribution is 2.11. The maximum Gasteiger partial charge on any atom is 0.138 e. The third-order valence-corrected chi connectivity index (χ3v) is 2.82. The molecule has 0 aliphatic rings. The Balaban J connectivity index is 2.67. The van der Waals surface area contributed by atoms with Crippen molar-refractivity contribution in [3.8, 4) is 11.8 Å². The maximum absolute atomic E-state index is 13.6. The van der Waals surface area contributed by atoms with Gasteiger partial charge in [0.2, 0.25) is 0 Å². The van der Waals surface area contributed by atoms with E-state index in [2.05, 4.69) is 11.8 Å². The summed E-state index contributed by atoms with van der Waals surface area (Å²) < 4.78 is 18.5. The van der Waals surface area contributed by atoms with Crippen molar-refractivity contribution >= 4 is 0 Å². The van der Waals surface area contributed by atoms with E-state index in [1.165, 1.54) is 6.07 Å². The van der Waals surface area contributed by atoms with Crippen molar-refractivity contribution in [1.29, 1.82) is 0 Å². The van der Waals surface area contributed by atoms with Crippen LogP contribution in [0.25, 0.3) is 0 Å². The molecule has 1 rings (SSSR count). The van der Waals surface area contributed by atoms with Crippen molar-refractivity contribution in [2.75, 3.05) is 33.9 Å². The summed E-state index contributed by atoms with van der Waals surface area (Å²) in [5, 5.41) is 18.3. The van der Waals surface area contributed by atoms with Gasteiger partial charge in [-0.15, -0.1) is 0 Å². The first-order chi connectivity index (χ1) is 10.1. The van der Waals surface area contributed by atoms with E-state index >= 15 is 0 Å². The van der Waals surface area contributed by atoms with Crippen LogP contribution in [0.4, 0.5) is 4.39 Å². The van der Waals surface area contributed by atoms with Crippen LogP contribution in [-0.4, -0.2) is 55.1 Å². The van der Waals surface area contributed by atoms with Gasteiger partial charge in [0.15, 0.2) is 0 Å². The topological polar surface area (TPSA) is 52.9 Å². The Morgan fingerprint density at radius 2 is 2.19 bits per heavy atom. The monoisotopic (exact) mass is 295 g/mol. The van der Waals surface area contributed by atoms with E-state index in [9.17, 15) is 9.50 Å². The second-order valence-corrected chi connectivity index (χ2v) is 4.90. The molecule has 1 unspecified atom stereocenters. The van der Waals surface area contributed by atoms with Crippen LogP contribution in [0.3, 0.4) is 0 Å². The molecular formula is C16H22FNO3. The summed E-state index contributed by atoms with van der Waals surface area (Å²) in [4.78, 5) is 1.93. The number of aliphatic hydroxyl groups excluding tert-OH is 2. The molecule has 0 bridgehead atoms. The van der Waals surface area contributed by atoms with Gasteiger partial charge < -0.3 is 14.9 Å². The van der Waals surface area contributed by atoms with Crippen molar-refractivity contribution in [2.45, 2.75) is 19.1 Å². The minimum atomic E-state index is -0.552. The molecule has 4 nitrogen and oxygen atoms in total. The summed E-state index contributed by atoms with van der Waals surface area (Å²) in [5.74, 6) is 5.06. The molecule has 0 radical (unpaired) electrons. The fourth-order valence-electron chi connectivity index (χ4n) is 1.96. The molecule has 1 aromatic rings. The molecule has 0 aliphatic heterocycles. The van der Waals surface area contributed by atoms with E-state index in [-0.39, 0.29) is 19.0 Å². The second-order valence-electron chi connectivity index (χ2n) is 4.90. The molecule has 1 atom stereocenters. The zero-order chi connectivity index (χ0) is 15.7. The number of benzene rings is 1. The molecule has 0 aliphatic carbocycles. The van der Waals surface area contributed by atoms with Crippen molar-refractivity contribution in [3.05, 3.63) is 35.1 Å². The fourth-order valence-corrected chi connectivity index (χ4v) is 1.96. The Morgan fingerprint density at radius 1 is 1.43 bits per heavy atom. The van der Waals surface area contributed by atoms with Crippen LogP contribution in [0.2, 0.25) is 0 Å². The minimum absolute atomic E-state index is 0.0333. The number of rotatable bonds is 7. The summed E-state index contributed by atoms with van der Waals surface area (Å²) in [5.41, 5.74) is 1.24. The van der Waals surface area contributed by atoms with Gasteiger partial charge in [0.1, 0.15) is 5.82 Å². The molecule has 5 heteroatoms. The van der Waals surface area contributed by atoms with Crippen LogP contribution in [0.1, 0.15) is 17.5 Å². The molecular weight excluding hydrogens is 273 g/mol. The summed E-state index contributed by atoms with van der Waals surface area (Å²) in [6.45, 7) is 1.30. The average Bonchev–Trinajstić information content (AvgIpc) is 2.42. The van der Waals surface area contributed by atoms with Crippen LogP contribution in [-0.2, 0) is 11.3 Å². The largest absolute Gasteiger partial charge is 0.395 e. The second kappa shape index (κ2) is 9.48. The lowest BCUT2D eigenvalue weighted by atomic mass is 10.1. The summed E-state index contributed by atoms with van der Waals surface area (Å²) in [6, 6.07) is 4.78. The standard InChI is InChI=1S/C16H22FNO3/c1-18(11-15(20)12-21-2)10-13-6-7-16(17)14(9-13)5-3-4-8-19/h6-7,9,15,19-20H,4,8,10-12H2,1-2H3. The fraction of sp³-hybridized carbons (Fsp3) is 0.500. The first-order valence-electron chi connectivity index (χ1n) is 6.80. The Hall–Kier alpha value is -1.45. The molecule has 0 fully saturated rings. The van der Waals surface area contributed by atoms with E-state index in [1.54, 1.807) is 19.2 Å². The lowest BCUT2D eigenvalue weighted by Crippen LogP contribution is -2.31. The maximum atomic E-state index is 13.6. The smallest absolute Gasteiger partial charge is 0.138 e. The van der Waals surface area contributed by atoms with E-state index in [1.807, 2.05) is 11.9 Å². The number of likely N-dealkylation sites (N-methyl/N-ethyl adjacent to an activating group) is 1. The predicted octanol–water partition coefficient (Wildman–Crippen LogP) is 0.999.